The number of hydrogen-bond donors (Lipinski definition) is 1. The Hall–Kier alpha value is -1.68. The zero-order chi connectivity index (χ0) is 15.6. The predicted octanol–water partition coefficient (Wildman–Crippen LogP) is 4.67. The van der Waals surface area contributed by atoms with Gasteiger partial charge in [-0.2, -0.15) is 0 Å². The molecule has 1 heterocycles. The van der Waals surface area contributed by atoms with E-state index in [0.29, 0.717) is 16.4 Å². The summed E-state index contributed by atoms with van der Waals surface area (Å²) in [5, 5.41) is 3.51. The fourth-order valence-electron chi connectivity index (χ4n) is 1.92. The molecule has 1 aromatic heterocycles. The van der Waals surface area contributed by atoms with Gasteiger partial charge in [0.25, 0.3) is 0 Å². The van der Waals surface area contributed by atoms with Gasteiger partial charge in [-0.25, -0.2) is 14.4 Å². The molecule has 0 atom stereocenters. The Labute approximate surface area is 129 Å². The number of nitrogens with one attached hydrogen (secondary N) is 1. The van der Waals surface area contributed by atoms with E-state index < -0.39 is 5.82 Å². The first-order valence-corrected chi connectivity index (χ1v) is 7.27. The molecular formula is C16H19ClFN3. The van der Waals surface area contributed by atoms with Crippen LogP contribution in [0.3, 0.4) is 0 Å². The molecule has 0 saturated heterocycles. The van der Waals surface area contributed by atoms with Crippen LogP contribution in [-0.2, 0) is 5.41 Å². The minimum absolute atomic E-state index is 0.126. The van der Waals surface area contributed by atoms with E-state index in [1.807, 2.05) is 13.0 Å². The minimum Gasteiger partial charge on any atom is -0.370 e. The second-order valence-electron chi connectivity index (χ2n) is 5.90. The second-order valence-corrected chi connectivity index (χ2v) is 6.34. The lowest BCUT2D eigenvalue weighted by atomic mass is 9.91. The van der Waals surface area contributed by atoms with Gasteiger partial charge >= 0.3 is 0 Å². The molecule has 0 unspecified atom stereocenters. The molecular weight excluding hydrogens is 289 g/mol. The predicted molar refractivity (Wildman–Crippen MR) is 85.3 cm³/mol. The number of halogens is 2. The molecule has 112 valence electrons. The van der Waals surface area contributed by atoms with Crippen LogP contribution in [0, 0.1) is 5.82 Å². The Morgan fingerprint density at radius 1 is 1.14 bits per heavy atom. The van der Waals surface area contributed by atoms with Crippen LogP contribution in [0.5, 0.6) is 0 Å². The van der Waals surface area contributed by atoms with Gasteiger partial charge in [-0.15, -0.1) is 0 Å². The van der Waals surface area contributed by atoms with E-state index in [9.17, 15) is 4.39 Å². The molecule has 1 aromatic carbocycles. The van der Waals surface area contributed by atoms with Gasteiger partial charge in [-0.05, 0) is 25.1 Å². The van der Waals surface area contributed by atoms with E-state index in [0.717, 1.165) is 18.1 Å². The molecule has 0 amide bonds. The van der Waals surface area contributed by atoms with Crippen molar-refractivity contribution in [1.29, 1.82) is 0 Å². The molecule has 0 aliphatic rings. The van der Waals surface area contributed by atoms with Crippen molar-refractivity contribution in [3.05, 3.63) is 40.8 Å². The van der Waals surface area contributed by atoms with Crippen LogP contribution in [0.25, 0.3) is 11.4 Å². The first-order valence-electron chi connectivity index (χ1n) is 6.89. The van der Waals surface area contributed by atoms with E-state index >= 15 is 0 Å². The molecule has 0 saturated carbocycles. The van der Waals surface area contributed by atoms with E-state index in [-0.39, 0.29) is 5.41 Å². The molecule has 0 bridgehead atoms. The number of nitrogens with zero attached hydrogens (tertiary/aromatic N) is 2. The zero-order valence-electron chi connectivity index (χ0n) is 12.7. The van der Waals surface area contributed by atoms with Crippen LogP contribution >= 0.6 is 11.6 Å². The van der Waals surface area contributed by atoms with E-state index in [4.69, 9.17) is 11.6 Å². The summed E-state index contributed by atoms with van der Waals surface area (Å²) >= 11 is 5.92. The number of rotatable bonds is 3. The first kappa shape index (κ1) is 15.7. The summed E-state index contributed by atoms with van der Waals surface area (Å²) in [4.78, 5) is 9.00. The molecule has 21 heavy (non-hydrogen) atoms. The minimum atomic E-state index is -0.396. The highest BCUT2D eigenvalue weighted by molar-refractivity contribution is 6.30. The van der Waals surface area contributed by atoms with Crippen LogP contribution in [0.4, 0.5) is 10.2 Å². The van der Waals surface area contributed by atoms with Crippen LogP contribution in [0.2, 0.25) is 5.02 Å². The summed E-state index contributed by atoms with van der Waals surface area (Å²) in [6.07, 6.45) is 0. The highest BCUT2D eigenvalue weighted by atomic mass is 35.5. The first-order chi connectivity index (χ1) is 9.79. The highest BCUT2D eigenvalue weighted by Crippen LogP contribution is 2.27. The standard InChI is InChI=1S/C16H19ClFN3/c1-5-19-14-9-13(16(2,3)4)20-15(21-14)10-6-11(17)8-12(18)7-10/h6-9H,5H2,1-4H3,(H,19,20,21). The van der Waals surface area contributed by atoms with Crippen molar-refractivity contribution >= 4 is 17.4 Å². The maximum absolute atomic E-state index is 13.5. The van der Waals surface area contributed by atoms with Gasteiger partial charge in [0, 0.05) is 28.6 Å². The third-order valence-electron chi connectivity index (χ3n) is 2.97. The highest BCUT2D eigenvalue weighted by Gasteiger charge is 2.18. The van der Waals surface area contributed by atoms with Gasteiger partial charge in [0.1, 0.15) is 11.6 Å². The summed E-state index contributed by atoms with van der Waals surface area (Å²) in [5.74, 6) is 0.805. The molecule has 0 spiro atoms. The van der Waals surface area contributed by atoms with Crippen molar-refractivity contribution in [3.63, 3.8) is 0 Å². The van der Waals surface area contributed by atoms with Gasteiger partial charge in [-0.3, -0.25) is 0 Å². The van der Waals surface area contributed by atoms with Gasteiger partial charge in [0.05, 0.1) is 5.69 Å². The fraction of sp³-hybridized carbons (Fsp3) is 0.375. The maximum atomic E-state index is 13.5. The Balaban J connectivity index is 2.59. The summed E-state index contributed by atoms with van der Waals surface area (Å²) in [6, 6.07) is 6.25. The number of benzene rings is 1. The average Bonchev–Trinajstić information content (AvgIpc) is 2.36. The van der Waals surface area contributed by atoms with E-state index in [1.54, 1.807) is 6.07 Å². The lowest BCUT2D eigenvalue weighted by Crippen LogP contribution is -2.16. The normalized spacial score (nSPS) is 11.5. The summed E-state index contributed by atoms with van der Waals surface area (Å²) < 4.78 is 13.5. The Morgan fingerprint density at radius 3 is 2.43 bits per heavy atom. The smallest absolute Gasteiger partial charge is 0.161 e. The van der Waals surface area contributed by atoms with Gasteiger partial charge in [0.2, 0.25) is 0 Å². The fourth-order valence-corrected chi connectivity index (χ4v) is 2.14. The zero-order valence-corrected chi connectivity index (χ0v) is 13.4. The van der Waals surface area contributed by atoms with Crippen LogP contribution < -0.4 is 5.32 Å². The molecule has 0 aliphatic heterocycles. The number of anilines is 1. The van der Waals surface area contributed by atoms with Crippen molar-refractivity contribution in [3.8, 4) is 11.4 Å². The number of aromatic nitrogens is 2. The topological polar surface area (TPSA) is 37.8 Å². The van der Waals surface area contributed by atoms with Crippen molar-refractivity contribution in [2.24, 2.45) is 0 Å². The Kier molecular flexibility index (Phi) is 4.47. The largest absolute Gasteiger partial charge is 0.370 e. The third kappa shape index (κ3) is 3.91. The molecule has 2 rings (SSSR count). The Morgan fingerprint density at radius 2 is 1.86 bits per heavy atom. The second kappa shape index (κ2) is 5.98. The molecule has 0 radical (unpaired) electrons. The average molecular weight is 308 g/mol. The van der Waals surface area contributed by atoms with Crippen molar-refractivity contribution in [2.45, 2.75) is 33.1 Å². The maximum Gasteiger partial charge on any atom is 0.161 e. The van der Waals surface area contributed by atoms with Gasteiger partial charge in [-0.1, -0.05) is 32.4 Å². The molecule has 0 fully saturated rings. The van der Waals surface area contributed by atoms with Gasteiger partial charge in [0.15, 0.2) is 5.82 Å². The van der Waals surface area contributed by atoms with Crippen molar-refractivity contribution in [2.75, 3.05) is 11.9 Å². The van der Waals surface area contributed by atoms with Crippen LogP contribution in [-0.4, -0.2) is 16.5 Å². The van der Waals surface area contributed by atoms with Gasteiger partial charge < -0.3 is 5.32 Å². The van der Waals surface area contributed by atoms with Crippen molar-refractivity contribution < 1.29 is 4.39 Å². The van der Waals surface area contributed by atoms with E-state index in [2.05, 4.69) is 36.1 Å². The SMILES string of the molecule is CCNc1cc(C(C)(C)C)nc(-c2cc(F)cc(Cl)c2)n1. The molecule has 5 heteroatoms. The lowest BCUT2D eigenvalue weighted by molar-refractivity contribution is 0.568. The molecule has 1 N–H and O–H groups in total. The molecule has 0 aliphatic carbocycles. The quantitative estimate of drug-likeness (QED) is 0.895. The summed E-state index contributed by atoms with van der Waals surface area (Å²) in [5.41, 5.74) is 1.34. The van der Waals surface area contributed by atoms with Crippen molar-refractivity contribution in [1.82, 2.24) is 9.97 Å². The van der Waals surface area contributed by atoms with E-state index in [1.165, 1.54) is 12.1 Å². The summed E-state index contributed by atoms with van der Waals surface area (Å²) in [7, 11) is 0. The van der Waals surface area contributed by atoms with Crippen LogP contribution in [0.1, 0.15) is 33.4 Å². The molecule has 3 nitrogen and oxygen atoms in total. The summed E-state index contributed by atoms with van der Waals surface area (Å²) in [6.45, 7) is 8.98. The van der Waals surface area contributed by atoms with Crippen LogP contribution in [0.15, 0.2) is 24.3 Å². The lowest BCUT2D eigenvalue weighted by Gasteiger charge is -2.19. The third-order valence-corrected chi connectivity index (χ3v) is 3.19. The molecule has 2 aromatic rings. The Bertz CT molecular complexity index is 630. The monoisotopic (exact) mass is 307 g/mol. The number of hydrogen-bond acceptors (Lipinski definition) is 3.